The lowest BCUT2D eigenvalue weighted by Gasteiger charge is -2.34. The van der Waals surface area contributed by atoms with E-state index in [0.717, 1.165) is 63.2 Å². The number of amides is 1. The van der Waals surface area contributed by atoms with Gasteiger partial charge in [-0.1, -0.05) is 24.3 Å². The molecule has 2 aromatic heterocycles. The number of para-hydroxylation sites is 1. The second-order valence-electron chi connectivity index (χ2n) is 7.52. The van der Waals surface area contributed by atoms with Crippen molar-refractivity contribution in [3.63, 3.8) is 0 Å². The molecule has 1 amide bonds. The number of hydrogen-bond donors (Lipinski definition) is 0. The second kappa shape index (κ2) is 7.53. The average molecular weight is 393 g/mol. The van der Waals surface area contributed by atoms with Gasteiger partial charge in [0.05, 0.1) is 5.69 Å². The first-order valence-electron chi connectivity index (χ1n) is 10.00. The predicted molar refractivity (Wildman–Crippen MR) is 111 cm³/mol. The molecule has 5 rings (SSSR count). The molecule has 28 heavy (non-hydrogen) atoms. The number of thiophene rings is 1. The highest BCUT2D eigenvalue weighted by Crippen LogP contribution is 2.28. The molecule has 0 spiro atoms. The summed E-state index contributed by atoms with van der Waals surface area (Å²) < 4.78 is 1.99. The third-order valence-corrected chi connectivity index (χ3v) is 6.61. The van der Waals surface area contributed by atoms with E-state index in [1.807, 2.05) is 27.8 Å². The van der Waals surface area contributed by atoms with Crippen molar-refractivity contribution in [2.75, 3.05) is 26.2 Å². The van der Waals surface area contributed by atoms with Crippen molar-refractivity contribution in [2.45, 2.75) is 25.8 Å². The van der Waals surface area contributed by atoms with E-state index in [-0.39, 0.29) is 5.91 Å². The molecular formula is C22H24N4OS. The van der Waals surface area contributed by atoms with Crippen LogP contribution in [0.4, 0.5) is 0 Å². The fourth-order valence-electron chi connectivity index (χ4n) is 4.27. The highest BCUT2D eigenvalue weighted by atomic mass is 32.1. The van der Waals surface area contributed by atoms with Gasteiger partial charge in [0, 0.05) is 48.9 Å². The van der Waals surface area contributed by atoms with Crippen LogP contribution >= 0.6 is 11.3 Å². The zero-order chi connectivity index (χ0) is 18.9. The SMILES string of the molecule is O=C(c1nn(-c2ccccc2)c2c1CCC2)N1CCN(Cc2cccs2)CC1. The number of aromatic nitrogens is 2. The van der Waals surface area contributed by atoms with E-state index in [4.69, 9.17) is 5.10 Å². The zero-order valence-electron chi connectivity index (χ0n) is 15.9. The Morgan fingerprint density at radius 3 is 2.57 bits per heavy atom. The summed E-state index contributed by atoms with van der Waals surface area (Å²) in [6, 6.07) is 14.5. The van der Waals surface area contributed by atoms with Gasteiger partial charge in [0.15, 0.2) is 5.69 Å². The van der Waals surface area contributed by atoms with Crippen LogP contribution in [0.5, 0.6) is 0 Å². The first-order chi connectivity index (χ1) is 13.8. The first-order valence-corrected chi connectivity index (χ1v) is 10.9. The third-order valence-electron chi connectivity index (χ3n) is 5.75. The number of carbonyl (C=O) groups excluding carboxylic acids is 1. The summed E-state index contributed by atoms with van der Waals surface area (Å²) in [7, 11) is 0. The van der Waals surface area contributed by atoms with E-state index in [2.05, 4.69) is 34.5 Å². The van der Waals surface area contributed by atoms with Crippen LogP contribution in [0.1, 0.15) is 33.0 Å². The van der Waals surface area contributed by atoms with Gasteiger partial charge in [-0.15, -0.1) is 11.3 Å². The number of hydrogen-bond acceptors (Lipinski definition) is 4. The van der Waals surface area contributed by atoms with Gasteiger partial charge < -0.3 is 4.90 Å². The quantitative estimate of drug-likeness (QED) is 0.684. The molecule has 1 fully saturated rings. The maximum atomic E-state index is 13.3. The van der Waals surface area contributed by atoms with Gasteiger partial charge >= 0.3 is 0 Å². The molecule has 0 radical (unpaired) electrons. The zero-order valence-corrected chi connectivity index (χ0v) is 16.7. The van der Waals surface area contributed by atoms with Crippen LogP contribution in [-0.2, 0) is 19.4 Å². The van der Waals surface area contributed by atoms with E-state index in [1.54, 1.807) is 11.3 Å². The summed E-state index contributed by atoms with van der Waals surface area (Å²) in [5.41, 5.74) is 4.09. The summed E-state index contributed by atoms with van der Waals surface area (Å²) >= 11 is 1.80. The Bertz CT molecular complexity index is 956. The smallest absolute Gasteiger partial charge is 0.274 e. The van der Waals surface area contributed by atoms with E-state index in [1.165, 1.54) is 10.6 Å². The molecule has 0 bridgehead atoms. The molecular weight excluding hydrogens is 368 g/mol. The van der Waals surface area contributed by atoms with Crippen LogP contribution in [-0.4, -0.2) is 51.7 Å². The molecule has 2 aliphatic rings. The number of rotatable bonds is 4. The van der Waals surface area contributed by atoms with Crippen molar-refractivity contribution in [1.29, 1.82) is 0 Å². The van der Waals surface area contributed by atoms with E-state index in [0.29, 0.717) is 5.69 Å². The van der Waals surface area contributed by atoms with Crippen molar-refractivity contribution in [2.24, 2.45) is 0 Å². The third kappa shape index (κ3) is 3.27. The van der Waals surface area contributed by atoms with E-state index in [9.17, 15) is 4.79 Å². The van der Waals surface area contributed by atoms with Crippen LogP contribution in [0.2, 0.25) is 0 Å². The van der Waals surface area contributed by atoms with Crippen LogP contribution in [0, 0.1) is 0 Å². The Morgan fingerprint density at radius 1 is 1.00 bits per heavy atom. The number of fused-ring (bicyclic) bond motifs is 1. The molecule has 6 heteroatoms. The van der Waals surface area contributed by atoms with Gasteiger partial charge in [-0.05, 0) is 42.8 Å². The maximum absolute atomic E-state index is 13.3. The van der Waals surface area contributed by atoms with Gasteiger partial charge in [0.25, 0.3) is 5.91 Å². The Hall–Kier alpha value is -2.44. The lowest BCUT2D eigenvalue weighted by Crippen LogP contribution is -2.48. The van der Waals surface area contributed by atoms with Crippen molar-refractivity contribution >= 4 is 17.2 Å². The van der Waals surface area contributed by atoms with Gasteiger partial charge in [-0.2, -0.15) is 5.10 Å². The molecule has 3 heterocycles. The van der Waals surface area contributed by atoms with Crippen molar-refractivity contribution in [3.8, 4) is 5.69 Å². The Balaban J connectivity index is 1.32. The lowest BCUT2D eigenvalue weighted by atomic mass is 10.1. The largest absolute Gasteiger partial charge is 0.335 e. The topological polar surface area (TPSA) is 41.4 Å². The minimum absolute atomic E-state index is 0.101. The molecule has 144 valence electrons. The highest BCUT2D eigenvalue weighted by molar-refractivity contribution is 7.09. The predicted octanol–water partition coefficient (Wildman–Crippen LogP) is 3.38. The fourth-order valence-corrected chi connectivity index (χ4v) is 5.02. The summed E-state index contributed by atoms with van der Waals surface area (Å²) in [6.07, 6.45) is 3.07. The lowest BCUT2D eigenvalue weighted by molar-refractivity contribution is 0.0622. The summed E-state index contributed by atoms with van der Waals surface area (Å²) in [5.74, 6) is 0.101. The number of nitrogens with zero attached hydrogens (tertiary/aromatic N) is 4. The summed E-state index contributed by atoms with van der Waals surface area (Å²) in [4.78, 5) is 19.1. The second-order valence-corrected chi connectivity index (χ2v) is 8.55. The van der Waals surface area contributed by atoms with E-state index < -0.39 is 0 Å². The molecule has 0 atom stereocenters. The molecule has 1 aromatic carbocycles. The molecule has 1 saturated heterocycles. The molecule has 3 aromatic rings. The molecule has 5 nitrogen and oxygen atoms in total. The standard InChI is InChI=1S/C22H24N4OS/c27-22(25-13-11-24(12-14-25)16-18-8-5-15-28-18)21-19-9-4-10-20(19)26(23-21)17-6-2-1-3-7-17/h1-3,5-8,15H,4,9-14,16H2. The molecule has 1 aliphatic heterocycles. The Morgan fingerprint density at radius 2 is 1.82 bits per heavy atom. The van der Waals surface area contributed by atoms with E-state index >= 15 is 0 Å². The Labute approximate surface area is 169 Å². The van der Waals surface area contributed by atoms with Crippen LogP contribution in [0.3, 0.4) is 0 Å². The average Bonchev–Trinajstić information content (AvgIpc) is 3.47. The van der Waals surface area contributed by atoms with Gasteiger partial charge in [0.2, 0.25) is 0 Å². The number of piperazine rings is 1. The van der Waals surface area contributed by atoms with Gasteiger partial charge in [0.1, 0.15) is 0 Å². The molecule has 0 unspecified atom stereocenters. The number of benzene rings is 1. The normalized spacial score (nSPS) is 17.1. The molecule has 0 N–H and O–H groups in total. The maximum Gasteiger partial charge on any atom is 0.274 e. The van der Waals surface area contributed by atoms with Crippen molar-refractivity contribution in [1.82, 2.24) is 19.6 Å². The van der Waals surface area contributed by atoms with Crippen LogP contribution in [0.15, 0.2) is 47.8 Å². The van der Waals surface area contributed by atoms with Crippen molar-refractivity contribution < 1.29 is 4.79 Å². The molecule has 1 aliphatic carbocycles. The van der Waals surface area contributed by atoms with Crippen molar-refractivity contribution in [3.05, 3.63) is 69.7 Å². The molecule has 0 saturated carbocycles. The van der Waals surface area contributed by atoms with Gasteiger partial charge in [-0.25, -0.2) is 4.68 Å². The number of carbonyl (C=O) groups is 1. The van der Waals surface area contributed by atoms with Gasteiger partial charge in [-0.3, -0.25) is 9.69 Å². The van der Waals surface area contributed by atoms with Crippen LogP contribution < -0.4 is 0 Å². The first kappa shape index (κ1) is 17.6. The minimum atomic E-state index is 0.101. The fraction of sp³-hybridized carbons (Fsp3) is 0.364. The Kier molecular flexibility index (Phi) is 4.74. The van der Waals surface area contributed by atoms with Crippen LogP contribution in [0.25, 0.3) is 5.69 Å². The highest BCUT2D eigenvalue weighted by Gasteiger charge is 2.31. The summed E-state index contributed by atoms with van der Waals surface area (Å²) in [6.45, 7) is 4.38. The monoisotopic (exact) mass is 392 g/mol. The summed E-state index contributed by atoms with van der Waals surface area (Å²) in [5, 5.41) is 6.89. The minimum Gasteiger partial charge on any atom is -0.335 e.